The number of nitrogens with zero attached hydrogens (tertiary/aromatic N) is 3. The van der Waals surface area contributed by atoms with Crippen molar-refractivity contribution in [2.45, 2.75) is 37.9 Å². The van der Waals surface area contributed by atoms with Crippen molar-refractivity contribution < 1.29 is 5.02 Å². The molecular weight excluding hydrogens is 213 g/mol. The summed E-state index contributed by atoms with van der Waals surface area (Å²) in [5.41, 5.74) is 3.26. The molecule has 1 spiro atoms. The van der Waals surface area contributed by atoms with E-state index in [2.05, 4.69) is 16.1 Å². The van der Waals surface area contributed by atoms with Gasteiger partial charge in [0.2, 0.25) is 0 Å². The van der Waals surface area contributed by atoms with Crippen LogP contribution >= 0.6 is 0 Å². The number of aryl methyl sites for hydroxylation is 1. The van der Waals surface area contributed by atoms with Crippen molar-refractivity contribution in [3.05, 3.63) is 17.5 Å². The van der Waals surface area contributed by atoms with E-state index in [0.29, 0.717) is 5.41 Å². The van der Waals surface area contributed by atoms with Gasteiger partial charge in [-0.25, -0.2) is 0 Å². The molecular formula is C12H20BN3O. The van der Waals surface area contributed by atoms with Crippen LogP contribution in [-0.4, -0.2) is 39.8 Å². The molecule has 0 radical (unpaired) electrons. The molecule has 0 bridgehead atoms. The summed E-state index contributed by atoms with van der Waals surface area (Å²) in [4.78, 5) is 2.17. The smallest absolute Gasteiger partial charge is 0.376 e. The van der Waals surface area contributed by atoms with Gasteiger partial charge >= 0.3 is 7.05 Å². The van der Waals surface area contributed by atoms with E-state index in [9.17, 15) is 5.02 Å². The summed E-state index contributed by atoms with van der Waals surface area (Å²) in [6.45, 7) is 3.88. The molecule has 17 heavy (non-hydrogen) atoms. The second-order valence-corrected chi connectivity index (χ2v) is 5.58. The molecule has 4 nitrogen and oxygen atoms in total. The van der Waals surface area contributed by atoms with Gasteiger partial charge in [-0.1, -0.05) is 0 Å². The Hall–Kier alpha value is -0.805. The van der Waals surface area contributed by atoms with Gasteiger partial charge in [-0.05, 0) is 51.2 Å². The number of aromatic nitrogens is 2. The first kappa shape index (κ1) is 11.3. The van der Waals surface area contributed by atoms with E-state index in [1.54, 1.807) is 0 Å². The van der Waals surface area contributed by atoms with Crippen LogP contribution in [0.5, 0.6) is 0 Å². The van der Waals surface area contributed by atoms with Crippen LogP contribution in [0.1, 0.15) is 30.5 Å². The second kappa shape index (κ2) is 3.85. The minimum atomic E-state index is -0.304. The highest BCUT2D eigenvalue weighted by atomic mass is 16.2. The van der Waals surface area contributed by atoms with Gasteiger partial charge in [0.1, 0.15) is 0 Å². The van der Waals surface area contributed by atoms with Gasteiger partial charge in [-0.3, -0.25) is 4.68 Å². The largest absolute Gasteiger partial charge is 0.437 e. The molecule has 3 rings (SSSR count). The van der Waals surface area contributed by atoms with Gasteiger partial charge in [-0.2, -0.15) is 5.10 Å². The van der Waals surface area contributed by atoms with E-state index >= 15 is 0 Å². The average Bonchev–Trinajstić information content (AvgIpc) is 2.84. The summed E-state index contributed by atoms with van der Waals surface area (Å²) in [5.74, 6) is 0. The third-order valence-electron chi connectivity index (χ3n) is 4.76. The van der Waals surface area contributed by atoms with Gasteiger partial charge in [0, 0.05) is 18.2 Å². The molecule has 1 aliphatic heterocycles. The number of piperidine rings is 1. The number of hydrogen-bond acceptors (Lipinski definition) is 3. The van der Waals surface area contributed by atoms with Crippen LogP contribution in [0.4, 0.5) is 0 Å². The van der Waals surface area contributed by atoms with Crippen molar-refractivity contribution in [2.75, 3.05) is 13.1 Å². The maximum absolute atomic E-state index is 9.62. The summed E-state index contributed by atoms with van der Waals surface area (Å²) in [7, 11) is 1.74. The van der Waals surface area contributed by atoms with Crippen LogP contribution < -0.4 is 0 Å². The lowest BCUT2D eigenvalue weighted by Gasteiger charge is -2.40. The summed E-state index contributed by atoms with van der Waals surface area (Å²) in [6.07, 6.45) is 6.83. The first-order valence-electron chi connectivity index (χ1n) is 6.56. The zero-order chi connectivity index (χ0) is 12.0. The Morgan fingerprint density at radius 3 is 2.71 bits per heavy atom. The van der Waals surface area contributed by atoms with Gasteiger partial charge < -0.3 is 9.83 Å². The highest BCUT2D eigenvalue weighted by molar-refractivity contribution is 6.45. The molecule has 0 amide bonds. The van der Waals surface area contributed by atoms with E-state index < -0.39 is 0 Å². The zero-order valence-corrected chi connectivity index (χ0v) is 10.7. The molecule has 1 aromatic heterocycles. The highest BCUT2D eigenvalue weighted by Crippen LogP contribution is 2.45. The maximum atomic E-state index is 9.62. The Bertz CT molecular complexity index is 421. The van der Waals surface area contributed by atoms with Crippen LogP contribution in [0, 0.1) is 0 Å². The number of rotatable bonds is 1. The Morgan fingerprint density at radius 1 is 1.35 bits per heavy atom. The lowest BCUT2D eigenvalue weighted by molar-refractivity contribution is 0.214. The van der Waals surface area contributed by atoms with Crippen molar-refractivity contribution in [1.29, 1.82) is 0 Å². The second-order valence-electron chi connectivity index (χ2n) is 5.58. The molecule has 0 saturated carbocycles. The van der Waals surface area contributed by atoms with E-state index in [4.69, 9.17) is 0 Å². The van der Waals surface area contributed by atoms with E-state index in [1.807, 2.05) is 18.6 Å². The van der Waals surface area contributed by atoms with Crippen molar-refractivity contribution in [2.24, 2.45) is 7.05 Å². The lowest BCUT2D eigenvalue weighted by atomic mass is 9.71. The molecule has 0 aromatic carbocycles. The molecule has 5 heteroatoms. The first-order valence-corrected chi connectivity index (χ1v) is 6.56. The van der Waals surface area contributed by atoms with Crippen molar-refractivity contribution >= 4 is 7.05 Å². The molecule has 1 fully saturated rings. The Labute approximate surface area is 103 Å². The van der Waals surface area contributed by atoms with Gasteiger partial charge in [0.05, 0.1) is 6.20 Å². The molecule has 0 atom stereocenters. The molecule has 1 N–H and O–H groups in total. The quantitative estimate of drug-likeness (QED) is 0.730. The third kappa shape index (κ3) is 1.64. The van der Waals surface area contributed by atoms with E-state index in [1.165, 1.54) is 24.1 Å². The predicted octanol–water partition coefficient (Wildman–Crippen LogP) is 0.810. The Kier molecular flexibility index (Phi) is 2.56. The highest BCUT2D eigenvalue weighted by Gasteiger charge is 2.43. The topological polar surface area (TPSA) is 41.3 Å². The van der Waals surface area contributed by atoms with Crippen LogP contribution in [0.2, 0.25) is 6.82 Å². The fraction of sp³-hybridized carbons (Fsp3) is 0.750. The van der Waals surface area contributed by atoms with Crippen LogP contribution in [0.25, 0.3) is 0 Å². The first-order chi connectivity index (χ1) is 8.12. The molecule has 1 saturated heterocycles. The molecule has 92 valence electrons. The van der Waals surface area contributed by atoms with Crippen molar-refractivity contribution in [1.82, 2.24) is 14.6 Å². The molecule has 1 aromatic rings. The summed E-state index contributed by atoms with van der Waals surface area (Å²) in [6, 6.07) is 0. The van der Waals surface area contributed by atoms with Crippen LogP contribution in [0.15, 0.2) is 6.20 Å². The van der Waals surface area contributed by atoms with Crippen molar-refractivity contribution in [3.8, 4) is 0 Å². The monoisotopic (exact) mass is 233 g/mol. The Balaban J connectivity index is 1.82. The van der Waals surface area contributed by atoms with Gasteiger partial charge in [0.25, 0.3) is 0 Å². The SMILES string of the molecule is CB(O)N1CCC2(CCc3c2cnn3C)CC1. The van der Waals surface area contributed by atoms with Crippen LogP contribution in [-0.2, 0) is 18.9 Å². The molecule has 1 aliphatic carbocycles. The van der Waals surface area contributed by atoms with Crippen molar-refractivity contribution in [3.63, 3.8) is 0 Å². The van der Waals surface area contributed by atoms with E-state index in [-0.39, 0.29) is 7.05 Å². The fourth-order valence-corrected chi connectivity index (χ4v) is 3.54. The average molecular weight is 233 g/mol. The summed E-state index contributed by atoms with van der Waals surface area (Å²) in [5, 5.41) is 14.0. The normalized spacial score (nSPS) is 23.0. The number of hydrogen-bond donors (Lipinski definition) is 1. The molecule has 2 heterocycles. The fourth-order valence-electron chi connectivity index (χ4n) is 3.54. The maximum Gasteiger partial charge on any atom is 0.376 e. The van der Waals surface area contributed by atoms with Gasteiger partial charge in [-0.15, -0.1) is 0 Å². The lowest BCUT2D eigenvalue weighted by Crippen LogP contribution is -2.47. The predicted molar refractivity (Wildman–Crippen MR) is 67.9 cm³/mol. The van der Waals surface area contributed by atoms with Crippen LogP contribution in [0.3, 0.4) is 0 Å². The standard InChI is InChI=1S/C12H20BN3O/c1-13(17)16-7-5-12(6-8-16)4-3-11-10(12)9-14-15(11)2/h9,17H,3-8H2,1-2H3. The molecule has 0 unspecified atom stereocenters. The third-order valence-corrected chi connectivity index (χ3v) is 4.76. The minimum Gasteiger partial charge on any atom is -0.437 e. The summed E-state index contributed by atoms with van der Waals surface area (Å²) < 4.78 is 2.03. The summed E-state index contributed by atoms with van der Waals surface area (Å²) >= 11 is 0. The molecule has 2 aliphatic rings. The van der Waals surface area contributed by atoms with Gasteiger partial charge in [0.15, 0.2) is 0 Å². The zero-order valence-electron chi connectivity index (χ0n) is 10.7. The van der Waals surface area contributed by atoms with E-state index in [0.717, 1.165) is 25.9 Å². The Morgan fingerprint density at radius 2 is 2.06 bits per heavy atom. The minimum absolute atomic E-state index is 0.304. The number of fused-ring (bicyclic) bond motifs is 2.